The molecule has 1 aliphatic heterocycles. The van der Waals surface area contributed by atoms with E-state index in [1.54, 1.807) is 6.07 Å². The number of anilines is 1. The van der Waals surface area contributed by atoms with E-state index < -0.39 is 0 Å². The van der Waals surface area contributed by atoms with E-state index in [4.69, 9.17) is 5.73 Å². The fraction of sp³-hybridized carbons (Fsp3) is 0.455. The maximum Gasteiger partial charge on any atom is 0.116 e. The van der Waals surface area contributed by atoms with Gasteiger partial charge in [-0.05, 0) is 49.1 Å². The first kappa shape index (κ1) is 9.34. The summed E-state index contributed by atoms with van der Waals surface area (Å²) in [7, 11) is 0. The molecule has 1 heterocycles. The Bertz CT molecular complexity index is 325. The van der Waals surface area contributed by atoms with E-state index in [1.165, 1.54) is 5.56 Å². The van der Waals surface area contributed by atoms with E-state index in [9.17, 15) is 5.11 Å². The summed E-state index contributed by atoms with van der Waals surface area (Å²) in [5.74, 6) is 0.952. The van der Waals surface area contributed by atoms with Gasteiger partial charge in [-0.2, -0.15) is 0 Å². The molecule has 0 aromatic heterocycles. The third-order valence-electron chi connectivity index (χ3n) is 2.75. The van der Waals surface area contributed by atoms with E-state index in [0.717, 1.165) is 31.6 Å². The number of fused-ring (bicyclic) bond motifs is 1. The first-order valence-electron chi connectivity index (χ1n) is 5.05. The number of nitrogens with two attached hydrogens (primary N) is 1. The minimum atomic E-state index is 0.346. The lowest BCUT2D eigenvalue weighted by atomic mass is 9.91. The Balaban J connectivity index is 2.16. The van der Waals surface area contributed by atoms with Gasteiger partial charge in [0.15, 0.2) is 0 Å². The van der Waals surface area contributed by atoms with Crippen molar-refractivity contribution in [1.82, 2.24) is 0 Å². The Labute approximate surface area is 83.9 Å². The minimum Gasteiger partial charge on any atom is -0.508 e. The summed E-state index contributed by atoms with van der Waals surface area (Å²) in [4.78, 5) is 0. The standard InChI is InChI=1S/C11H16N2O/c12-4-3-8-5-9-6-10(14)1-2-11(9)13-7-8/h1-2,6,8,13-14H,3-5,7,12H2. The molecule has 1 aliphatic rings. The molecule has 0 bridgehead atoms. The fourth-order valence-electron chi connectivity index (χ4n) is 2.00. The largest absolute Gasteiger partial charge is 0.508 e. The lowest BCUT2D eigenvalue weighted by Gasteiger charge is -2.25. The van der Waals surface area contributed by atoms with Gasteiger partial charge in [-0.3, -0.25) is 0 Å². The van der Waals surface area contributed by atoms with Gasteiger partial charge in [-0.1, -0.05) is 0 Å². The Morgan fingerprint density at radius 3 is 3.14 bits per heavy atom. The predicted molar refractivity (Wildman–Crippen MR) is 57.5 cm³/mol. The Morgan fingerprint density at radius 1 is 1.50 bits per heavy atom. The molecule has 0 saturated heterocycles. The van der Waals surface area contributed by atoms with Crippen LogP contribution in [0.25, 0.3) is 0 Å². The molecule has 0 spiro atoms. The summed E-state index contributed by atoms with van der Waals surface area (Å²) in [5.41, 5.74) is 7.88. The van der Waals surface area contributed by atoms with E-state index >= 15 is 0 Å². The molecular formula is C11H16N2O. The van der Waals surface area contributed by atoms with Crippen LogP contribution in [0.1, 0.15) is 12.0 Å². The topological polar surface area (TPSA) is 58.3 Å². The lowest BCUT2D eigenvalue weighted by molar-refractivity contribution is 0.469. The number of aromatic hydroxyl groups is 1. The van der Waals surface area contributed by atoms with Gasteiger partial charge in [0.2, 0.25) is 0 Å². The maximum absolute atomic E-state index is 9.35. The van der Waals surface area contributed by atoms with Crippen LogP contribution in [0.15, 0.2) is 18.2 Å². The average Bonchev–Trinajstić information content (AvgIpc) is 2.17. The summed E-state index contributed by atoms with van der Waals surface area (Å²) in [6.45, 7) is 1.73. The summed E-state index contributed by atoms with van der Waals surface area (Å²) >= 11 is 0. The second kappa shape index (κ2) is 3.88. The van der Waals surface area contributed by atoms with Crippen molar-refractivity contribution < 1.29 is 5.11 Å². The number of hydrogen-bond acceptors (Lipinski definition) is 3. The van der Waals surface area contributed by atoms with E-state index in [0.29, 0.717) is 11.7 Å². The van der Waals surface area contributed by atoms with Crippen LogP contribution in [-0.4, -0.2) is 18.2 Å². The quantitative estimate of drug-likeness (QED) is 0.619. The van der Waals surface area contributed by atoms with Crippen LogP contribution in [0, 0.1) is 5.92 Å². The van der Waals surface area contributed by atoms with E-state index in [1.807, 2.05) is 12.1 Å². The van der Waals surface area contributed by atoms with Gasteiger partial charge in [0.1, 0.15) is 5.75 Å². The SMILES string of the molecule is NCCC1CNc2ccc(O)cc2C1. The number of phenolic OH excluding ortho intramolecular Hbond substituents is 1. The van der Waals surface area contributed by atoms with Crippen LogP contribution in [0.5, 0.6) is 5.75 Å². The molecule has 76 valence electrons. The average molecular weight is 192 g/mol. The highest BCUT2D eigenvalue weighted by Crippen LogP contribution is 2.28. The predicted octanol–water partition coefficient (Wildman–Crippen LogP) is 1.33. The van der Waals surface area contributed by atoms with Crippen molar-refractivity contribution in [2.45, 2.75) is 12.8 Å². The molecule has 14 heavy (non-hydrogen) atoms. The lowest BCUT2D eigenvalue weighted by Crippen LogP contribution is -2.25. The van der Waals surface area contributed by atoms with Crippen molar-refractivity contribution in [2.24, 2.45) is 11.7 Å². The third kappa shape index (κ3) is 1.82. The molecule has 1 unspecified atom stereocenters. The molecular weight excluding hydrogens is 176 g/mol. The molecule has 0 saturated carbocycles. The highest BCUT2D eigenvalue weighted by molar-refractivity contribution is 5.55. The van der Waals surface area contributed by atoms with Gasteiger partial charge in [0.25, 0.3) is 0 Å². The van der Waals surface area contributed by atoms with Crippen LogP contribution in [0.3, 0.4) is 0 Å². The normalized spacial score (nSPS) is 19.9. The van der Waals surface area contributed by atoms with Gasteiger partial charge < -0.3 is 16.2 Å². The van der Waals surface area contributed by atoms with Crippen molar-refractivity contribution in [2.75, 3.05) is 18.4 Å². The van der Waals surface area contributed by atoms with Gasteiger partial charge in [-0.15, -0.1) is 0 Å². The number of benzene rings is 1. The summed E-state index contributed by atoms with van der Waals surface area (Å²) in [6.07, 6.45) is 2.07. The van der Waals surface area contributed by atoms with E-state index in [-0.39, 0.29) is 0 Å². The Kier molecular flexibility index (Phi) is 2.59. The number of phenols is 1. The molecule has 3 nitrogen and oxygen atoms in total. The molecule has 0 fully saturated rings. The maximum atomic E-state index is 9.35. The Hall–Kier alpha value is -1.22. The first-order valence-corrected chi connectivity index (χ1v) is 5.05. The molecule has 1 aromatic carbocycles. The van der Waals surface area contributed by atoms with E-state index in [2.05, 4.69) is 5.32 Å². The highest BCUT2D eigenvalue weighted by Gasteiger charge is 2.17. The van der Waals surface area contributed by atoms with Crippen molar-refractivity contribution in [3.05, 3.63) is 23.8 Å². The smallest absolute Gasteiger partial charge is 0.116 e. The monoisotopic (exact) mass is 192 g/mol. The van der Waals surface area contributed by atoms with Gasteiger partial charge >= 0.3 is 0 Å². The van der Waals surface area contributed by atoms with Crippen molar-refractivity contribution >= 4 is 5.69 Å². The summed E-state index contributed by atoms with van der Waals surface area (Å²) < 4.78 is 0. The van der Waals surface area contributed by atoms with Gasteiger partial charge in [0, 0.05) is 12.2 Å². The molecule has 0 amide bonds. The molecule has 1 aromatic rings. The molecule has 2 rings (SSSR count). The minimum absolute atomic E-state index is 0.346. The fourth-order valence-corrected chi connectivity index (χ4v) is 2.00. The summed E-state index contributed by atoms with van der Waals surface area (Å²) in [5, 5.41) is 12.7. The first-order chi connectivity index (χ1) is 6.79. The third-order valence-corrected chi connectivity index (χ3v) is 2.75. The van der Waals surface area contributed by atoms with Crippen LogP contribution >= 0.6 is 0 Å². The number of nitrogens with one attached hydrogen (secondary N) is 1. The molecule has 3 heteroatoms. The highest BCUT2D eigenvalue weighted by atomic mass is 16.3. The van der Waals surface area contributed by atoms with Crippen LogP contribution in [-0.2, 0) is 6.42 Å². The van der Waals surface area contributed by atoms with Gasteiger partial charge in [0.05, 0.1) is 0 Å². The second-order valence-corrected chi connectivity index (χ2v) is 3.87. The molecule has 4 N–H and O–H groups in total. The molecule has 0 aliphatic carbocycles. The zero-order valence-electron chi connectivity index (χ0n) is 8.16. The van der Waals surface area contributed by atoms with Crippen LogP contribution in [0.2, 0.25) is 0 Å². The van der Waals surface area contributed by atoms with Crippen molar-refractivity contribution in [3.8, 4) is 5.75 Å². The molecule has 1 atom stereocenters. The number of rotatable bonds is 2. The van der Waals surface area contributed by atoms with Crippen molar-refractivity contribution in [3.63, 3.8) is 0 Å². The second-order valence-electron chi connectivity index (χ2n) is 3.87. The number of hydrogen-bond donors (Lipinski definition) is 3. The zero-order valence-corrected chi connectivity index (χ0v) is 8.16. The van der Waals surface area contributed by atoms with Crippen LogP contribution < -0.4 is 11.1 Å². The zero-order chi connectivity index (χ0) is 9.97. The van der Waals surface area contributed by atoms with Crippen molar-refractivity contribution in [1.29, 1.82) is 0 Å². The summed E-state index contributed by atoms with van der Waals surface area (Å²) in [6, 6.07) is 5.49. The van der Waals surface area contributed by atoms with Gasteiger partial charge in [-0.25, -0.2) is 0 Å². The molecule has 0 radical (unpaired) electrons. The Morgan fingerprint density at radius 2 is 2.36 bits per heavy atom. The van der Waals surface area contributed by atoms with Crippen LogP contribution in [0.4, 0.5) is 5.69 Å².